The van der Waals surface area contributed by atoms with Gasteiger partial charge in [-0.2, -0.15) is 0 Å². The molecule has 0 saturated carbocycles. The molecule has 1 aliphatic rings. The molecule has 2 aromatic rings. The van der Waals surface area contributed by atoms with Crippen molar-refractivity contribution in [2.24, 2.45) is 0 Å². The van der Waals surface area contributed by atoms with E-state index in [-0.39, 0.29) is 17.7 Å². The molecule has 1 heterocycles. The number of sulfonamides is 1. The molecule has 1 N–H and O–H groups in total. The SMILES string of the molecule is CC[C@H](NC(=O)c1cccc(N2CCCCS2(=O)=O)c1)c1ccccc1. The number of hydrogen-bond donors (Lipinski definition) is 1. The summed E-state index contributed by atoms with van der Waals surface area (Å²) < 4.78 is 26.0. The second-order valence-corrected chi connectivity index (χ2v) is 8.50. The molecule has 0 aromatic heterocycles. The average molecular weight is 372 g/mol. The minimum absolute atomic E-state index is 0.0777. The summed E-state index contributed by atoms with van der Waals surface area (Å²) in [6.45, 7) is 2.49. The number of nitrogens with zero attached hydrogens (tertiary/aromatic N) is 1. The maximum absolute atomic E-state index is 12.7. The lowest BCUT2D eigenvalue weighted by molar-refractivity contribution is 0.0935. The van der Waals surface area contributed by atoms with Gasteiger partial charge in [0.25, 0.3) is 5.91 Å². The molecule has 1 aliphatic heterocycles. The Hall–Kier alpha value is -2.34. The Kier molecular flexibility index (Phi) is 5.61. The third kappa shape index (κ3) is 4.07. The van der Waals surface area contributed by atoms with E-state index in [1.807, 2.05) is 37.3 Å². The molecule has 1 saturated heterocycles. The predicted octanol–water partition coefficient (Wildman–Crippen LogP) is 3.50. The minimum atomic E-state index is -3.29. The first-order valence-electron chi connectivity index (χ1n) is 8.97. The van der Waals surface area contributed by atoms with Crippen molar-refractivity contribution in [3.8, 4) is 0 Å². The molecular weight excluding hydrogens is 348 g/mol. The molecule has 2 aromatic carbocycles. The van der Waals surface area contributed by atoms with Gasteiger partial charge in [-0.25, -0.2) is 8.42 Å². The van der Waals surface area contributed by atoms with Crippen LogP contribution in [-0.2, 0) is 10.0 Å². The monoisotopic (exact) mass is 372 g/mol. The highest BCUT2D eigenvalue weighted by Crippen LogP contribution is 2.25. The van der Waals surface area contributed by atoms with E-state index in [0.717, 1.165) is 18.4 Å². The van der Waals surface area contributed by atoms with E-state index in [4.69, 9.17) is 0 Å². The van der Waals surface area contributed by atoms with E-state index >= 15 is 0 Å². The molecule has 0 aliphatic carbocycles. The number of amides is 1. The number of rotatable bonds is 5. The van der Waals surface area contributed by atoms with Crippen LogP contribution >= 0.6 is 0 Å². The molecule has 5 nitrogen and oxygen atoms in total. The van der Waals surface area contributed by atoms with Crippen molar-refractivity contribution in [2.45, 2.75) is 32.2 Å². The molecular formula is C20H24N2O3S. The zero-order valence-electron chi connectivity index (χ0n) is 14.9. The maximum Gasteiger partial charge on any atom is 0.251 e. The van der Waals surface area contributed by atoms with Gasteiger partial charge < -0.3 is 5.32 Å². The Morgan fingerprint density at radius 2 is 1.88 bits per heavy atom. The van der Waals surface area contributed by atoms with Crippen LogP contribution < -0.4 is 9.62 Å². The third-order valence-electron chi connectivity index (χ3n) is 4.66. The number of nitrogens with one attached hydrogen (secondary N) is 1. The van der Waals surface area contributed by atoms with Gasteiger partial charge in [0.2, 0.25) is 10.0 Å². The van der Waals surface area contributed by atoms with Crippen LogP contribution in [0.5, 0.6) is 0 Å². The van der Waals surface area contributed by atoms with E-state index in [0.29, 0.717) is 24.2 Å². The Morgan fingerprint density at radius 3 is 2.58 bits per heavy atom. The topological polar surface area (TPSA) is 66.5 Å². The van der Waals surface area contributed by atoms with E-state index in [1.165, 1.54) is 4.31 Å². The van der Waals surface area contributed by atoms with Gasteiger partial charge in [-0.15, -0.1) is 0 Å². The normalized spacial score (nSPS) is 17.5. The lowest BCUT2D eigenvalue weighted by atomic mass is 10.0. The molecule has 1 fully saturated rings. The van der Waals surface area contributed by atoms with Gasteiger partial charge in [0.1, 0.15) is 0 Å². The summed E-state index contributed by atoms with van der Waals surface area (Å²) in [7, 11) is -3.29. The van der Waals surface area contributed by atoms with E-state index in [1.54, 1.807) is 24.3 Å². The second kappa shape index (κ2) is 7.91. The summed E-state index contributed by atoms with van der Waals surface area (Å²) in [5.41, 5.74) is 2.08. The van der Waals surface area contributed by atoms with E-state index < -0.39 is 10.0 Å². The number of anilines is 1. The van der Waals surface area contributed by atoms with Gasteiger partial charge >= 0.3 is 0 Å². The van der Waals surface area contributed by atoms with Gasteiger partial charge in [-0.1, -0.05) is 43.3 Å². The molecule has 0 radical (unpaired) electrons. The summed E-state index contributed by atoms with van der Waals surface area (Å²) in [5, 5.41) is 3.04. The molecule has 6 heteroatoms. The maximum atomic E-state index is 12.7. The van der Waals surface area contributed by atoms with Gasteiger partial charge in [-0.05, 0) is 43.0 Å². The fourth-order valence-electron chi connectivity index (χ4n) is 3.23. The molecule has 0 bridgehead atoms. The van der Waals surface area contributed by atoms with Crippen LogP contribution in [0.25, 0.3) is 0 Å². The molecule has 3 rings (SSSR count). The number of benzene rings is 2. The third-order valence-corrected chi connectivity index (χ3v) is 6.53. The molecule has 1 amide bonds. The zero-order valence-corrected chi connectivity index (χ0v) is 15.7. The molecule has 26 heavy (non-hydrogen) atoms. The second-order valence-electron chi connectivity index (χ2n) is 6.49. The Balaban J connectivity index is 1.80. The molecule has 138 valence electrons. The number of carbonyl (C=O) groups excluding carboxylic acids is 1. The van der Waals surface area contributed by atoms with E-state index in [2.05, 4.69) is 5.32 Å². The highest BCUT2D eigenvalue weighted by Gasteiger charge is 2.26. The highest BCUT2D eigenvalue weighted by molar-refractivity contribution is 7.92. The average Bonchev–Trinajstić information content (AvgIpc) is 2.66. The van der Waals surface area contributed by atoms with Gasteiger partial charge in [0.15, 0.2) is 0 Å². The lowest BCUT2D eigenvalue weighted by Gasteiger charge is -2.28. The smallest absolute Gasteiger partial charge is 0.251 e. The van der Waals surface area contributed by atoms with Gasteiger partial charge in [0, 0.05) is 12.1 Å². The summed E-state index contributed by atoms with van der Waals surface area (Å²) in [4.78, 5) is 12.7. The Bertz CT molecular complexity index is 866. The van der Waals surface area contributed by atoms with Crippen LogP contribution in [0, 0.1) is 0 Å². The summed E-state index contributed by atoms with van der Waals surface area (Å²) in [6.07, 6.45) is 2.30. The quantitative estimate of drug-likeness (QED) is 0.873. The van der Waals surface area contributed by atoms with Crippen molar-refractivity contribution < 1.29 is 13.2 Å². The fraction of sp³-hybridized carbons (Fsp3) is 0.350. The van der Waals surface area contributed by atoms with Crippen LogP contribution in [0.15, 0.2) is 54.6 Å². The predicted molar refractivity (Wildman–Crippen MR) is 104 cm³/mol. The Labute approximate surface area is 155 Å². The minimum Gasteiger partial charge on any atom is -0.345 e. The zero-order chi connectivity index (χ0) is 18.6. The van der Waals surface area contributed by atoms with Gasteiger partial charge in [0.05, 0.1) is 17.5 Å². The first-order valence-corrected chi connectivity index (χ1v) is 10.6. The molecule has 0 unspecified atom stereocenters. The summed E-state index contributed by atoms with van der Waals surface area (Å²) in [6, 6.07) is 16.6. The van der Waals surface area contributed by atoms with Gasteiger partial charge in [-0.3, -0.25) is 9.10 Å². The first kappa shape index (κ1) is 18.5. The number of carbonyl (C=O) groups is 1. The largest absolute Gasteiger partial charge is 0.345 e. The van der Waals surface area contributed by atoms with E-state index in [9.17, 15) is 13.2 Å². The summed E-state index contributed by atoms with van der Waals surface area (Å²) >= 11 is 0. The van der Waals surface area contributed by atoms with Crippen molar-refractivity contribution in [3.63, 3.8) is 0 Å². The lowest BCUT2D eigenvalue weighted by Crippen LogP contribution is -2.38. The molecule has 0 spiro atoms. The van der Waals surface area contributed by atoms with Crippen LogP contribution in [-0.4, -0.2) is 26.6 Å². The van der Waals surface area contributed by atoms with Crippen molar-refractivity contribution in [2.75, 3.05) is 16.6 Å². The first-order chi connectivity index (χ1) is 12.5. The van der Waals surface area contributed by atoms with Crippen molar-refractivity contribution in [1.29, 1.82) is 0 Å². The van der Waals surface area contributed by atoms with Crippen LogP contribution in [0.4, 0.5) is 5.69 Å². The Morgan fingerprint density at radius 1 is 1.12 bits per heavy atom. The van der Waals surface area contributed by atoms with Crippen molar-refractivity contribution >= 4 is 21.6 Å². The van der Waals surface area contributed by atoms with Crippen LogP contribution in [0.2, 0.25) is 0 Å². The van der Waals surface area contributed by atoms with Crippen LogP contribution in [0.3, 0.4) is 0 Å². The standard InChI is InChI=1S/C20H24N2O3S/c1-2-19(16-9-4-3-5-10-16)21-20(23)17-11-8-12-18(15-17)22-13-6-7-14-26(22,24)25/h3-5,8-12,15,19H,2,6-7,13-14H2,1H3,(H,21,23)/t19-/m0/s1. The van der Waals surface area contributed by atoms with Crippen molar-refractivity contribution in [3.05, 3.63) is 65.7 Å². The summed E-state index contributed by atoms with van der Waals surface area (Å²) in [5.74, 6) is -0.0352. The van der Waals surface area contributed by atoms with Crippen LogP contribution in [0.1, 0.15) is 48.1 Å². The number of hydrogen-bond acceptors (Lipinski definition) is 3. The fourth-order valence-corrected chi connectivity index (χ4v) is 4.86. The van der Waals surface area contributed by atoms with Crippen molar-refractivity contribution in [1.82, 2.24) is 5.32 Å². The molecule has 1 atom stereocenters. The highest BCUT2D eigenvalue weighted by atomic mass is 32.2.